The molecule has 0 fully saturated rings. The highest BCUT2D eigenvalue weighted by atomic mass is 16.5. The lowest BCUT2D eigenvalue weighted by Crippen LogP contribution is -2.20. The van der Waals surface area contributed by atoms with E-state index in [1.807, 2.05) is 48.5 Å². The van der Waals surface area contributed by atoms with Crippen LogP contribution in [0.2, 0.25) is 0 Å². The molecule has 5 nitrogen and oxygen atoms in total. The number of carbonyl (C=O) groups excluding carboxylic acids is 1. The summed E-state index contributed by atoms with van der Waals surface area (Å²) in [5.41, 5.74) is 2.72. The van der Waals surface area contributed by atoms with E-state index in [2.05, 4.69) is 38.0 Å². The first-order valence-electron chi connectivity index (χ1n) is 9.92. The fourth-order valence-electron chi connectivity index (χ4n) is 2.97. The van der Waals surface area contributed by atoms with Crippen molar-refractivity contribution in [2.45, 2.75) is 39.5 Å². The Morgan fingerprint density at radius 1 is 1.03 bits per heavy atom. The number of nitrogens with one attached hydrogen (secondary N) is 1. The second-order valence-corrected chi connectivity index (χ2v) is 7.97. The number of benzene rings is 2. The van der Waals surface area contributed by atoms with Crippen LogP contribution in [-0.2, 0) is 10.2 Å². The molecule has 0 unspecified atom stereocenters. The van der Waals surface area contributed by atoms with Gasteiger partial charge in [0.25, 0.3) is 5.91 Å². The summed E-state index contributed by atoms with van der Waals surface area (Å²) in [7, 11) is 0. The molecular weight excluding hydrogens is 364 g/mol. The van der Waals surface area contributed by atoms with E-state index in [1.165, 1.54) is 5.56 Å². The zero-order valence-corrected chi connectivity index (χ0v) is 17.5. The van der Waals surface area contributed by atoms with Crippen LogP contribution in [0.4, 0.5) is 5.69 Å². The Kier molecular flexibility index (Phi) is 6.37. The fourth-order valence-corrected chi connectivity index (χ4v) is 2.97. The summed E-state index contributed by atoms with van der Waals surface area (Å²) < 4.78 is 11.4. The van der Waals surface area contributed by atoms with Crippen LogP contribution in [0, 0.1) is 0 Å². The van der Waals surface area contributed by atoms with E-state index in [0.29, 0.717) is 18.0 Å². The number of nitrogens with zero attached hydrogens (tertiary/aromatic N) is 1. The van der Waals surface area contributed by atoms with Crippen molar-refractivity contribution in [1.29, 1.82) is 0 Å². The minimum absolute atomic E-state index is 0.0648. The van der Waals surface area contributed by atoms with Crippen LogP contribution in [0.1, 0.15) is 39.7 Å². The van der Waals surface area contributed by atoms with Crippen molar-refractivity contribution in [2.75, 3.05) is 18.5 Å². The lowest BCUT2D eigenvalue weighted by atomic mass is 9.87. The molecule has 0 aliphatic heterocycles. The number of ether oxygens (including phenoxy) is 2. The molecule has 0 radical (unpaired) electrons. The van der Waals surface area contributed by atoms with Gasteiger partial charge < -0.3 is 14.8 Å². The molecule has 0 aliphatic rings. The summed E-state index contributed by atoms with van der Waals surface area (Å²) in [6, 6.07) is 15.3. The Balaban J connectivity index is 1.67. The van der Waals surface area contributed by atoms with Gasteiger partial charge in [0.1, 0.15) is 17.0 Å². The van der Waals surface area contributed by atoms with Crippen molar-refractivity contribution in [1.82, 2.24) is 4.98 Å². The molecule has 3 rings (SSSR count). The molecule has 1 N–H and O–H groups in total. The van der Waals surface area contributed by atoms with Crippen LogP contribution in [0.5, 0.6) is 11.5 Å². The highest BCUT2D eigenvalue weighted by molar-refractivity contribution is 6.03. The zero-order chi connectivity index (χ0) is 20.9. The Hall–Kier alpha value is -3.08. The van der Waals surface area contributed by atoms with Crippen molar-refractivity contribution in [3.05, 3.63) is 60.3 Å². The molecule has 0 saturated carbocycles. The number of pyridine rings is 1. The topological polar surface area (TPSA) is 60.5 Å². The first kappa shape index (κ1) is 20.6. The van der Waals surface area contributed by atoms with Crippen LogP contribution in [0.15, 0.2) is 54.7 Å². The van der Waals surface area contributed by atoms with Crippen molar-refractivity contribution < 1.29 is 14.3 Å². The predicted octanol–water partition coefficient (Wildman–Crippen LogP) is 5.34. The number of fused-ring (bicyclic) bond motifs is 1. The van der Waals surface area contributed by atoms with Crippen molar-refractivity contribution in [3.8, 4) is 11.5 Å². The number of aromatic nitrogens is 1. The van der Waals surface area contributed by atoms with E-state index in [-0.39, 0.29) is 17.9 Å². The van der Waals surface area contributed by atoms with Gasteiger partial charge in [-0.1, -0.05) is 39.8 Å². The summed E-state index contributed by atoms with van der Waals surface area (Å²) in [5, 5.41) is 3.75. The number of amides is 1. The molecule has 1 aromatic heterocycles. The normalized spacial score (nSPS) is 11.3. The van der Waals surface area contributed by atoms with Gasteiger partial charge in [0.2, 0.25) is 0 Å². The van der Waals surface area contributed by atoms with Crippen LogP contribution in [0.3, 0.4) is 0 Å². The first-order valence-corrected chi connectivity index (χ1v) is 9.92. The van der Waals surface area contributed by atoms with Crippen LogP contribution < -0.4 is 14.8 Å². The Labute approximate surface area is 172 Å². The summed E-state index contributed by atoms with van der Waals surface area (Å²) in [6.07, 6.45) is 2.64. The highest BCUT2D eigenvalue weighted by Gasteiger charge is 2.14. The summed E-state index contributed by atoms with van der Waals surface area (Å²) >= 11 is 0. The van der Waals surface area contributed by atoms with Gasteiger partial charge in [-0.05, 0) is 53.8 Å². The van der Waals surface area contributed by atoms with Gasteiger partial charge in [0.05, 0.1) is 12.3 Å². The van der Waals surface area contributed by atoms with E-state index in [1.54, 1.807) is 6.20 Å². The van der Waals surface area contributed by atoms with Gasteiger partial charge in [-0.25, -0.2) is 0 Å². The molecule has 0 atom stereocenters. The third kappa shape index (κ3) is 5.25. The smallest absolute Gasteiger partial charge is 0.262 e. The lowest BCUT2D eigenvalue weighted by Gasteiger charge is -2.19. The molecule has 1 heterocycles. The van der Waals surface area contributed by atoms with Gasteiger partial charge in [-0.3, -0.25) is 9.78 Å². The predicted molar refractivity (Wildman–Crippen MR) is 117 cm³/mol. The molecule has 0 bridgehead atoms. The maximum absolute atomic E-state index is 12.4. The van der Waals surface area contributed by atoms with Gasteiger partial charge in [0.15, 0.2) is 6.61 Å². The quantitative estimate of drug-likeness (QED) is 0.590. The van der Waals surface area contributed by atoms with Crippen molar-refractivity contribution in [3.63, 3.8) is 0 Å². The van der Waals surface area contributed by atoms with Crippen LogP contribution in [-0.4, -0.2) is 24.1 Å². The molecule has 3 aromatic rings. The Morgan fingerprint density at radius 3 is 2.48 bits per heavy atom. The summed E-state index contributed by atoms with van der Waals surface area (Å²) in [5.74, 6) is 1.16. The average Bonchev–Trinajstić information content (AvgIpc) is 2.71. The minimum atomic E-state index is -0.225. The van der Waals surface area contributed by atoms with E-state index < -0.39 is 0 Å². The van der Waals surface area contributed by atoms with Gasteiger partial charge >= 0.3 is 0 Å². The number of carbonyl (C=O) groups is 1. The maximum Gasteiger partial charge on any atom is 0.262 e. The monoisotopic (exact) mass is 392 g/mol. The average molecular weight is 392 g/mol. The molecule has 29 heavy (non-hydrogen) atoms. The number of rotatable bonds is 7. The lowest BCUT2D eigenvalue weighted by molar-refractivity contribution is -0.118. The van der Waals surface area contributed by atoms with E-state index >= 15 is 0 Å². The van der Waals surface area contributed by atoms with Crippen LogP contribution in [0.25, 0.3) is 10.9 Å². The number of hydrogen-bond acceptors (Lipinski definition) is 4. The van der Waals surface area contributed by atoms with Crippen molar-refractivity contribution >= 4 is 22.5 Å². The third-order valence-electron chi connectivity index (χ3n) is 4.56. The van der Waals surface area contributed by atoms with E-state index in [9.17, 15) is 4.79 Å². The number of anilines is 1. The second-order valence-electron chi connectivity index (χ2n) is 7.97. The van der Waals surface area contributed by atoms with Crippen molar-refractivity contribution in [2.24, 2.45) is 0 Å². The SMILES string of the molecule is CCCOc1ccc(NC(=O)COc2ccc(C(C)(C)C)cc2)c2cccnc12. The molecule has 0 aliphatic carbocycles. The fraction of sp³-hybridized carbons (Fsp3) is 0.333. The van der Waals surface area contributed by atoms with Gasteiger partial charge in [-0.15, -0.1) is 0 Å². The Bertz CT molecular complexity index is 976. The summed E-state index contributed by atoms with van der Waals surface area (Å²) in [6.45, 7) is 9.10. The molecule has 5 heteroatoms. The Morgan fingerprint density at radius 2 is 1.79 bits per heavy atom. The molecule has 0 saturated heterocycles. The standard InChI is InChI=1S/C24H28N2O3/c1-5-15-28-21-13-12-20(19-7-6-14-25-23(19)21)26-22(27)16-29-18-10-8-17(9-11-18)24(2,3)4/h6-14H,5,15-16H2,1-4H3,(H,26,27). The zero-order valence-electron chi connectivity index (χ0n) is 17.5. The molecular formula is C24H28N2O3. The van der Waals surface area contributed by atoms with E-state index in [4.69, 9.17) is 9.47 Å². The van der Waals surface area contributed by atoms with Gasteiger partial charge in [0, 0.05) is 11.6 Å². The minimum Gasteiger partial charge on any atom is -0.491 e. The summed E-state index contributed by atoms with van der Waals surface area (Å²) in [4.78, 5) is 16.8. The largest absolute Gasteiger partial charge is 0.491 e. The second kappa shape index (κ2) is 8.95. The molecule has 2 aromatic carbocycles. The molecule has 152 valence electrons. The maximum atomic E-state index is 12.4. The molecule has 0 spiro atoms. The number of hydrogen-bond donors (Lipinski definition) is 1. The van der Waals surface area contributed by atoms with E-state index in [0.717, 1.165) is 23.1 Å². The van der Waals surface area contributed by atoms with Crippen LogP contribution >= 0.6 is 0 Å². The molecule has 1 amide bonds. The first-order chi connectivity index (χ1) is 13.9. The highest BCUT2D eigenvalue weighted by Crippen LogP contribution is 2.30. The van der Waals surface area contributed by atoms with Gasteiger partial charge in [-0.2, -0.15) is 0 Å². The third-order valence-corrected chi connectivity index (χ3v) is 4.56.